The Kier molecular flexibility index (Phi) is 1.37. The van der Waals surface area contributed by atoms with Gasteiger partial charge in [0.2, 0.25) is 0 Å². The maximum absolute atomic E-state index is 9.56. The molecule has 1 aromatic heterocycles. The summed E-state index contributed by atoms with van der Waals surface area (Å²) in [5.41, 5.74) is 2.74. The molecular weight excluding hydrogens is 152 g/mol. The maximum Gasteiger partial charge on any atom is 0.138 e. The van der Waals surface area contributed by atoms with Gasteiger partial charge in [-0.25, -0.2) is 0 Å². The zero-order valence-electron chi connectivity index (χ0n) is 7.09. The number of rotatable bonds is 0. The van der Waals surface area contributed by atoms with E-state index in [1.165, 1.54) is 0 Å². The van der Waals surface area contributed by atoms with Crippen LogP contribution < -0.4 is 0 Å². The highest BCUT2D eigenvalue weighted by Crippen LogP contribution is 2.30. The van der Waals surface area contributed by atoms with Crippen LogP contribution in [0.3, 0.4) is 0 Å². The van der Waals surface area contributed by atoms with E-state index in [0.29, 0.717) is 5.75 Å². The molecule has 2 heteroatoms. The van der Waals surface area contributed by atoms with Crippen LogP contribution in [0.15, 0.2) is 22.8 Å². The van der Waals surface area contributed by atoms with Crippen LogP contribution in [0.25, 0.3) is 11.0 Å². The first kappa shape index (κ1) is 7.22. The molecule has 0 amide bonds. The molecule has 0 saturated carbocycles. The molecule has 0 saturated heterocycles. The molecule has 2 aromatic rings. The number of benzene rings is 1. The quantitative estimate of drug-likeness (QED) is 0.646. The predicted molar refractivity (Wildman–Crippen MR) is 47.4 cm³/mol. The number of furan rings is 1. The van der Waals surface area contributed by atoms with Crippen molar-refractivity contribution in [1.29, 1.82) is 0 Å². The molecule has 0 atom stereocenters. The average Bonchev–Trinajstić information content (AvgIpc) is 2.31. The molecule has 1 heterocycles. The third-order valence-corrected chi connectivity index (χ3v) is 1.98. The van der Waals surface area contributed by atoms with Crippen LogP contribution in [0.4, 0.5) is 0 Å². The van der Waals surface area contributed by atoms with E-state index in [0.717, 1.165) is 22.1 Å². The van der Waals surface area contributed by atoms with Crippen LogP contribution in [0.2, 0.25) is 0 Å². The number of aromatic hydroxyl groups is 1. The van der Waals surface area contributed by atoms with Crippen molar-refractivity contribution in [3.63, 3.8) is 0 Å². The van der Waals surface area contributed by atoms with Crippen molar-refractivity contribution >= 4 is 11.0 Å². The van der Waals surface area contributed by atoms with Gasteiger partial charge < -0.3 is 9.52 Å². The fraction of sp³-hybridized carbons (Fsp3) is 0.200. The average molecular weight is 162 g/mol. The molecule has 0 aliphatic rings. The maximum atomic E-state index is 9.56. The Morgan fingerprint density at radius 3 is 2.75 bits per heavy atom. The minimum atomic E-state index is 0.302. The summed E-state index contributed by atoms with van der Waals surface area (Å²) in [7, 11) is 0. The van der Waals surface area contributed by atoms with E-state index in [4.69, 9.17) is 4.42 Å². The minimum Gasteiger partial charge on any atom is -0.507 e. The van der Waals surface area contributed by atoms with E-state index in [9.17, 15) is 5.11 Å². The van der Waals surface area contributed by atoms with Gasteiger partial charge in [0, 0.05) is 0 Å². The molecule has 0 aliphatic heterocycles. The summed E-state index contributed by atoms with van der Waals surface area (Å²) in [6, 6.07) is 3.66. The predicted octanol–water partition coefficient (Wildman–Crippen LogP) is 2.76. The summed E-state index contributed by atoms with van der Waals surface area (Å²) in [5.74, 6) is 0.302. The molecule has 2 rings (SSSR count). The van der Waals surface area contributed by atoms with Gasteiger partial charge in [-0.3, -0.25) is 0 Å². The van der Waals surface area contributed by atoms with Gasteiger partial charge in [0.25, 0.3) is 0 Å². The lowest BCUT2D eigenvalue weighted by Crippen LogP contribution is -1.74. The van der Waals surface area contributed by atoms with Crippen molar-refractivity contribution < 1.29 is 9.52 Å². The van der Waals surface area contributed by atoms with Crippen molar-refractivity contribution in [3.8, 4) is 5.75 Å². The topological polar surface area (TPSA) is 33.4 Å². The van der Waals surface area contributed by atoms with Crippen molar-refractivity contribution in [3.05, 3.63) is 29.5 Å². The summed E-state index contributed by atoms with van der Waals surface area (Å²) < 4.78 is 5.25. The van der Waals surface area contributed by atoms with Crippen molar-refractivity contribution in [2.45, 2.75) is 13.8 Å². The number of hydrogen-bond donors (Lipinski definition) is 1. The molecule has 12 heavy (non-hydrogen) atoms. The normalized spacial score (nSPS) is 10.8. The lowest BCUT2D eigenvalue weighted by molar-refractivity contribution is 0.480. The van der Waals surface area contributed by atoms with E-state index in [2.05, 4.69) is 0 Å². The zero-order valence-corrected chi connectivity index (χ0v) is 7.09. The summed E-state index contributed by atoms with van der Waals surface area (Å²) in [5, 5.41) is 10.4. The second-order valence-corrected chi connectivity index (χ2v) is 3.08. The third kappa shape index (κ3) is 0.881. The second-order valence-electron chi connectivity index (χ2n) is 3.08. The summed E-state index contributed by atoms with van der Waals surface area (Å²) in [6.07, 6.45) is 1.66. The lowest BCUT2D eigenvalue weighted by Gasteiger charge is -1.96. The van der Waals surface area contributed by atoms with Gasteiger partial charge in [-0.2, -0.15) is 0 Å². The number of phenols is 1. The Labute approximate surface area is 70.4 Å². The largest absolute Gasteiger partial charge is 0.507 e. The third-order valence-electron chi connectivity index (χ3n) is 1.98. The Bertz CT molecular complexity index is 427. The van der Waals surface area contributed by atoms with E-state index in [1.807, 2.05) is 19.9 Å². The molecule has 0 aliphatic carbocycles. The molecular formula is C10H10O2. The van der Waals surface area contributed by atoms with Crippen LogP contribution in [0.5, 0.6) is 5.75 Å². The van der Waals surface area contributed by atoms with Crippen LogP contribution in [-0.2, 0) is 0 Å². The lowest BCUT2D eigenvalue weighted by atomic mass is 10.1. The highest BCUT2D eigenvalue weighted by atomic mass is 16.3. The molecule has 0 unspecified atom stereocenters. The molecule has 1 N–H and O–H groups in total. The zero-order chi connectivity index (χ0) is 8.72. The number of phenolic OH excluding ortho intramolecular Hbond substituents is 1. The van der Waals surface area contributed by atoms with E-state index in [1.54, 1.807) is 12.3 Å². The van der Waals surface area contributed by atoms with Gasteiger partial charge >= 0.3 is 0 Å². The van der Waals surface area contributed by atoms with Gasteiger partial charge in [-0.15, -0.1) is 0 Å². The van der Waals surface area contributed by atoms with Gasteiger partial charge in [-0.1, -0.05) is 0 Å². The number of fused-ring (bicyclic) bond motifs is 1. The molecule has 0 spiro atoms. The van der Waals surface area contributed by atoms with Gasteiger partial charge in [0.05, 0.1) is 11.6 Å². The van der Waals surface area contributed by atoms with Crippen LogP contribution >= 0.6 is 0 Å². The fourth-order valence-electron chi connectivity index (χ4n) is 1.43. The Hall–Kier alpha value is -1.44. The first-order chi connectivity index (χ1) is 5.68. The second kappa shape index (κ2) is 2.27. The molecule has 0 bridgehead atoms. The van der Waals surface area contributed by atoms with Crippen molar-refractivity contribution in [2.24, 2.45) is 0 Å². The fourth-order valence-corrected chi connectivity index (χ4v) is 1.43. The summed E-state index contributed by atoms with van der Waals surface area (Å²) in [6.45, 7) is 3.85. The van der Waals surface area contributed by atoms with E-state index in [-0.39, 0.29) is 0 Å². The SMILES string of the molecule is Cc1cc(O)c2c(C)coc2c1. The molecule has 2 nitrogen and oxygen atoms in total. The van der Waals surface area contributed by atoms with E-state index >= 15 is 0 Å². The first-order valence-electron chi connectivity index (χ1n) is 3.86. The Morgan fingerprint density at radius 1 is 1.25 bits per heavy atom. The first-order valence-corrected chi connectivity index (χ1v) is 3.86. The molecule has 0 radical (unpaired) electrons. The Balaban J connectivity index is 2.93. The minimum absolute atomic E-state index is 0.302. The number of hydrogen-bond acceptors (Lipinski definition) is 2. The smallest absolute Gasteiger partial charge is 0.138 e. The van der Waals surface area contributed by atoms with Gasteiger partial charge in [-0.05, 0) is 37.1 Å². The van der Waals surface area contributed by atoms with Gasteiger partial charge in [0.1, 0.15) is 11.3 Å². The van der Waals surface area contributed by atoms with Gasteiger partial charge in [0.15, 0.2) is 0 Å². The van der Waals surface area contributed by atoms with Crippen LogP contribution in [-0.4, -0.2) is 5.11 Å². The highest BCUT2D eigenvalue weighted by Gasteiger charge is 2.06. The monoisotopic (exact) mass is 162 g/mol. The van der Waals surface area contributed by atoms with E-state index < -0.39 is 0 Å². The van der Waals surface area contributed by atoms with Crippen LogP contribution in [0.1, 0.15) is 11.1 Å². The van der Waals surface area contributed by atoms with Crippen molar-refractivity contribution in [2.75, 3.05) is 0 Å². The highest BCUT2D eigenvalue weighted by molar-refractivity contribution is 5.87. The van der Waals surface area contributed by atoms with Crippen LogP contribution in [0, 0.1) is 13.8 Å². The molecule has 1 aromatic carbocycles. The summed E-state index contributed by atoms with van der Waals surface area (Å²) in [4.78, 5) is 0. The Morgan fingerprint density at radius 2 is 2.00 bits per heavy atom. The standard InChI is InChI=1S/C10H10O2/c1-6-3-8(11)10-7(2)5-12-9(10)4-6/h3-5,11H,1-2H3. The summed E-state index contributed by atoms with van der Waals surface area (Å²) >= 11 is 0. The molecule has 0 fully saturated rings. The molecule has 62 valence electrons. The van der Waals surface area contributed by atoms with Crippen molar-refractivity contribution in [1.82, 2.24) is 0 Å². The number of aryl methyl sites for hydroxylation is 2.